The minimum Gasteiger partial charge on any atom is -0.396 e. The first-order valence-corrected chi connectivity index (χ1v) is 6.01. The Kier molecular flexibility index (Phi) is 5.58. The van der Waals surface area contributed by atoms with Gasteiger partial charge in [0.05, 0.1) is 0 Å². The minimum atomic E-state index is 0.196. The van der Waals surface area contributed by atoms with E-state index in [2.05, 4.69) is 11.9 Å². The average molecular weight is 215 g/mol. The molecule has 1 rings (SSSR count). The number of hydrogen-bond donors (Lipinski definition) is 1. The predicted molar refractivity (Wildman–Crippen MR) is 62.0 cm³/mol. The summed E-state index contributed by atoms with van der Waals surface area (Å²) in [6, 6.07) is 0. The molecular weight excluding hydrogens is 190 g/mol. The maximum Gasteiger partial charge on any atom is 0.0499 e. The number of nitrogens with zero attached hydrogens (tertiary/aromatic N) is 1. The third-order valence-corrected chi connectivity index (χ3v) is 3.49. The van der Waals surface area contributed by atoms with Crippen molar-refractivity contribution < 1.29 is 9.84 Å². The van der Waals surface area contributed by atoms with Crippen molar-refractivity contribution in [3.63, 3.8) is 0 Å². The third kappa shape index (κ3) is 4.09. The number of ether oxygens (including phenoxy) is 1. The van der Waals surface area contributed by atoms with Crippen molar-refractivity contribution in [3.05, 3.63) is 0 Å². The molecule has 0 aliphatic heterocycles. The van der Waals surface area contributed by atoms with E-state index in [9.17, 15) is 5.11 Å². The molecule has 15 heavy (non-hydrogen) atoms. The van der Waals surface area contributed by atoms with Crippen LogP contribution in [-0.2, 0) is 4.74 Å². The molecule has 0 bridgehead atoms. The fourth-order valence-corrected chi connectivity index (χ4v) is 2.62. The van der Waals surface area contributed by atoms with E-state index in [1.54, 1.807) is 7.11 Å². The molecule has 1 fully saturated rings. The van der Waals surface area contributed by atoms with E-state index in [1.165, 1.54) is 25.7 Å². The molecule has 3 nitrogen and oxygen atoms in total. The predicted octanol–water partition coefficient (Wildman–Crippen LogP) is 1.51. The lowest BCUT2D eigenvalue weighted by Gasteiger charge is -2.31. The normalized spacial score (nSPS) is 20.0. The molecule has 90 valence electrons. The summed E-state index contributed by atoms with van der Waals surface area (Å²) < 4.78 is 5.04. The molecule has 0 unspecified atom stereocenters. The fraction of sp³-hybridized carbons (Fsp3) is 1.00. The third-order valence-electron chi connectivity index (χ3n) is 3.49. The maximum atomic E-state index is 9.49. The molecule has 0 heterocycles. The van der Waals surface area contributed by atoms with Gasteiger partial charge in [0, 0.05) is 38.8 Å². The molecule has 1 saturated carbocycles. The van der Waals surface area contributed by atoms with Crippen LogP contribution in [0.1, 0.15) is 32.1 Å². The van der Waals surface area contributed by atoms with Gasteiger partial charge in [-0.25, -0.2) is 0 Å². The summed E-state index contributed by atoms with van der Waals surface area (Å²) in [5, 5.41) is 9.49. The van der Waals surface area contributed by atoms with E-state index in [4.69, 9.17) is 4.74 Å². The molecule has 0 radical (unpaired) electrons. The zero-order chi connectivity index (χ0) is 11.1. The van der Waals surface area contributed by atoms with E-state index >= 15 is 0 Å². The van der Waals surface area contributed by atoms with E-state index in [-0.39, 0.29) is 5.41 Å². The van der Waals surface area contributed by atoms with Gasteiger partial charge in [-0.15, -0.1) is 0 Å². The van der Waals surface area contributed by atoms with Gasteiger partial charge < -0.3 is 14.7 Å². The van der Waals surface area contributed by atoms with Gasteiger partial charge in [-0.1, -0.05) is 12.8 Å². The first kappa shape index (κ1) is 12.9. The summed E-state index contributed by atoms with van der Waals surface area (Å²) in [6.07, 6.45) is 6.03. The number of aliphatic hydroxyl groups is 1. The second kappa shape index (κ2) is 6.46. The Hall–Kier alpha value is -0.120. The molecule has 0 saturated heterocycles. The Labute approximate surface area is 93.4 Å². The number of aliphatic hydroxyl groups excluding tert-OH is 1. The van der Waals surface area contributed by atoms with Crippen LogP contribution >= 0.6 is 0 Å². The lowest BCUT2D eigenvalue weighted by Crippen LogP contribution is -2.37. The van der Waals surface area contributed by atoms with Gasteiger partial charge in [-0.2, -0.15) is 0 Å². The highest BCUT2D eigenvalue weighted by Crippen LogP contribution is 2.38. The van der Waals surface area contributed by atoms with Crippen molar-refractivity contribution in [1.29, 1.82) is 0 Å². The second-order valence-electron chi connectivity index (χ2n) is 4.95. The second-order valence-corrected chi connectivity index (χ2v) is 4.95. The fourth-order valence-electron chi connectivity index (χ4n) is 2.62. The van der Waals surface area contributed by atoms with Crippen LogP contribution in [0.2, 0.25) is 0 Å². The topological polar surface area (TPSA) is 32.7 Å². The monoisotopic (exact) mass is 215 g/mol. The highest BCUT2D eigenvalue weighted by atomic mass is 16.5. The van der Waals surface area contributed by atoms with Crippen LogP contribution in [0.15, 0.2) is 0 Å². The first-order chi connectivity index (χ1) is 7.22. The van der Waals surface area contributed by atoms with Crippen molar-refractivity contribution >= 4 is 0 Å². The van der Waals surface area contributed by atoms with Gasteiger partial charge in [-0.05, 0) is 26.3 Å². The van der Waals surface area contributed by atoms with Crippen molar-refractivity contribution in [3.8, 4) is 0 Å². The lowest BCUT2D eigenvalue weighted by atomic mass is 9.87. The van der Waals surface area contributed by atoms with Crippen LogP contribution in [0.4, 0.5) is 0 Å². The van der Waals surface area contributed by atoms with Gasteiger partial charge in [-0.3, -0.25) is 0 Å². The summed E-state index contributed by atoms with van der Waals surface area (Å²) in [4.78, 5) is 2.33. The van der Waals surface area contributed by atoms with Crippen molar-refractivity contribution in [1.82, 2.24) is 4.90 Å². The van der Waals surface area contributed by atoms with Crippen LogP contribution in [0.3, 0.4) is 0 Å². The van der Waals surface area contributed by atoms with Crippen LogP contribution < -0.4 is 0 Å². The molecule has 0 spiro atoms. The van der Waals surface area contributed by atoms with Gasteiger partial charge >= 0.3 is 0 Å². The van der Waals surface area contributed by atoms with Crippen LogP contribution in [0, 0.1) is 5.41 Å². The molecule has 0 aromatic rings. The Morgan fingerprint density at radius 2 is 2.00 bits per heavy atom. The van der Waals surface area contributed by atoms with Crippen LogP contribution in [0.5, 0.6) is 0 Å². The molecule has 1 aliphatic carbocycles. The summed E-state index contributed by atoms with van der Waals surface area (Å²) in [5.74, 6) is 0. The molecule has 0 amide bonds. The summed E-state index contributed by atoms with van der Waals surface area (Å²) in [7, 11) is 3.89. The Morgan fingerprint density at radius 1 is 1.33 bits per heavy atom. The lowest BCUT2D eigenvalue weighted by molar-refractivity contribution is 0.0842. The number of hydrogen-bond acceptors (Lipinski definition) is 3. The Morgan fingerprint density at radius 3 is 2.53 bits per heavy atom. The van der Waals surface area contributed by atoms with E-state index in [0.717, 1.165) is 26.1 Å². The van der Waals surface area contributed by atoms with Crippen LogP contribution in [0.25, 0.3) is 0 Å². The van der Waals surface area contributed by atoms with Crippen molar-refractivity contribution in [2.24, 2.45) is 5.41 Å². The number of methoxy groups -OCH3 is 1. The van der Waals surface area contributed by atoms with Crippen molar-refractivity contribution in [2.75, 3.05) is 40.5 Å². The summed E-state index contributed by atoms with van der Waals surface area (Å²) >= 11 is 0. The molecular formula is C12H25NO2. The molecule has 1 N–H and O–H groups in total. The highest BCUT2D eigenvalue weighted by Gasteiger charge is 2.33. The van der Waals surface area contributed by atoms with E-state index in [0.29, 0.717) is 6.61 Å². The van der Waals surface area contributed by atoms with Gasteiger partial charge in [0.1, 0.15) is 0 Å². The van der Waals surface area contributed by atoms with Crippen LogP contribution in [-0.4, -0.2) is 50.5 Å². The molecule has 0 aromatic heterocycles. The van der Waals surface area contributed by atoms with Gasteiger partial charge in [0.2, 0.25) is 0 Å². The molecule has 0 atom stereocenters. The largest absolute Gasteiger partial charge is 0.396 e. The first-order valence-electron chi connectivity index (χ1n) is 6.01. The SMILES string of the molecule is COCCCN(C)CC1(CO)CCCC1. The Bertz CT molecular complexity index is 167. The highest BCUT2D eigenvalue weighted by molar-refractivity contribution is 4.86. The van der Waals surface area contributed by atoms with E-state index < -0.39 is 0 Å². The molecule has 1 aliphatic rings. The quantitative estimate of drug-likeness (QED) is 0.653. The standard InChI is InChI=1S/C12H25NO2/c1-13(8-5-9-15-2)10-12(11-14)6-3-4-7-12/h14H,3-11H2,1-2H3. The van der Waals surface area contributed by atoms with Crippen molar-refractivity contribution in [2.45, 2.75) is 32.1 Å². The zero-order valence-electron chi connectivity index (χ0n) is 10.2. The van der Waals surface area contributed by atoms with Gasteiger partial charge in [0.25, 0.3) is 0 Å². The average Bonchev–Trinajstić information content (AvgIpc) is 2.67. The molecule has 3 heteroatoms. The minimum absolute atomic E-state index is 0.196. The summed E-state index contributed by atoms with van der Waals surface area (Å²) in [5.41, 5.74) is 0.196. The maximum absolute atomic E-state index is 9.49. The zero-order valence-corrected chi connectivity index (χ0v) is 10.2. The molecule has 0 aromatic carbocycles. The van der Waals surface area contributed by atoms with E-state index in [1.807, 2.05) is 0 Å². The smallest absolute Gasteiger partial charge is 0.0499 e. The summed E-state index contributed by atoms with van der Waals surface area (Å²) in [6.45, 7) is 3.28. The number of rotatable bonds is 7. The Balaban J connectivity index is 2.25. The van der Waals surface area contributed by atoms with Gasteiger partial charge in [0.15, 0.2) is 0 Å².